The van der Waals surface area contributed by atoms with Crippen molar-refractivity contribution in [2.24, 2.45) is 5.92 Å². The number of ether oxygens (including phenoxy) is 1. The van der Waals surface area contributed by atoms with Crippen LogP contribution in [0.2, 0.25) is 0 Å². The molecule has 1 N–H and O–H groups in total. The maximum atomic E-state index is 13.8. The molecule has 3 aromatic carbocycles. The van der Waals surface area contributed by atoms with Crippen LogP contribution in [0.3, 0.4) is 0 Å². The summed E-state index contributed by atoms with van der Waals surface area (Å²) >= 11 is 0. The molecular weight excluding hydrogens is 496 g/mol. The third-order valence-corrected chi connectivity index (χ3v) is 7.19. The molecule has 0 fully saturated rings. The Labute approximate surface area is 238 Å². The van der Waals surface area contributed by atoms with Crippen molar-refractivity contribution in [1.82, 2.24) is 4.57 Å². The molecule has 210 valence electrons. The fraction of sp³-hybridized carbons (Fsp3) is 0.371. The number of hydrogen-bond donors (Lipinski definition) is 1. The second-order valence-electron chi connectivity index (χ2n) is 10.9. The van der Waals surface area contributed by atoms with E-state index < -0.39 is 0 Å². The number of nitrogens with one attached hydrogen (secondary N) is 1. The molecule has 1 atom stereocenters. The maximum absolute atomic E-state index is 13.8. The second kappa shape index (κ2) is 14.0. The lowest BCUT2D eigenvalue weighted by molar-refractivity contribution is -0.143. The summed E-state index contributed by atoms with van der Waals surface area (Å²) in [5.41, 5.74) is 5.89. The van der Waals surface area contributed by atoms with Crippen molar-refractivity contribution in [3.63, 3.8) is 0 Å². The first-order valence-electron chi connectivity index (χ1n) is 14.6. The Hall–Kier alpha value is -3.86. The SMILES string of the molecule is CCCC(Nc1cccc(C(=O)c2cn(CCCC(=O)OCC)c3ccccc23)c1)c1ccc(CC(C)C)cc1. The van der Waals surface area contributed by atoms with Gasteiger partial charge in [0.15, 0.2) is 5.78 Å². The molecule has 0 radical (unpaired) electrons. The average molecular weight is 539 g/mol. The van der Waals surface area contributed by atoms with E-state index in [-0.39, 0.29) is 17.8 Å². The lowest BCUT2D eigenvalue weighted by Gasteiger charge is -2.21. The maximum Gasteiger partial charge on any atom is 0.305 e. The van der Waals surface area contributed by atoms with Crippen molar-refractivity contribution in [3.05, 3.63) is 101 Å². The van der Waals surface area contributed by atoms with Gasteiger partial charge in [0.1, 0.15) is 0 Å². The minimum Gasteiger partial charge on any atom is -0.466 e. The molecule has 0 aliphatic heterocycles. The number of esters is 1. The molecule has 0 spiro atoms. The van der Waals surface area contributed by atoms with E-state index in [9.17, 15) is 9.59 Å². The Balaban J connectivity index is 1.53. The minimum atomic E-state index is -0.188. The Morgan fingerprint density at radius 3 is 2.45 bits per heavy atom. The predicted octanol–water partition coefficient (Wildman–Crippen LogP) is 8.37. The molecule has 1 unspecified atom stereocenters. The third-order valence-electron chi connectivity index (χ3n) is 7.19. The van der Waals surface area contributed by atoms with Crippen LogP contribution < -0.4 is 5.32 Å². The fourth-order valence-electron chi connectivity index (χ4n) is 5.31. The molecule has 1 heterocycles. The van der Waals surface area contributed by atoms with E-state index in [1.54, 1.807) is 0 Å². The summed E-state index contributed by atoms with van der Waals surface area (Å²) in [6.07, 6.45) is 6.08. The van der Waals surface area contributed by atoms with E-state index in [4.69, 9.17) is 4.74 Å². The molecule has 0 amide bonds. The van der Waals surface area contributed by atoms with Crippen LogP contribution in [-0.4, -0.2) is 22.9 Å². The van der Waals surface area contributed by atoms with E-state index in [0.717, 1.165) is 35.9 Å². The Morgan fingerprint density at radius 1 is 0.950 bits per heavy atom. The molecular formula is C35H42N2O3. The number of para-hydroxylation sites is 1. The van der Waals surface area contributed by atoms with Crippen molar-refractivity contribution >= 4 is 28.3 Å². The number of anilines is 1. The Bertz CT molecular complexity index is 1420. The molecule has 0 aliphatic carbocycles. The lowest BCUT2D eigenvalue weighted by atomic mass is 9.97. The van der Waals surface area contributed by atoms with Crippen molar-refractivity contribution in [2.45, 2.75) is 72.4 Å². The zero-order chi connectivity index (χ0) is 28.5. The summed E-state index contributed by atoms with van der Waals surface area (Å²) in [6.45, 7) is 9.53. The summed E-state index contributed by atoms with van der Waals surface area (Å²) in [5.74, 6) is 0.441. The first-order chi connectivity index (χ1) is 19.4. The van der Waals surface area contributed by atoms with Crippen LogP contribution in [0.15, 0.2) is 79.0 Å². The summed E-state index contributed by atoms with van der Waals surface area (Å²) in [4.78, 5) is 25.6. The largest absolute Gasteiger partial charge is 0.466 e. The standard InChI is InChI=1S/C35H42N2O3/c1-5-11-32(27-19-17-26(18-20-27)22-25(3)4)36-29-13-9-12-28(23-29)35(39)31-24-37(21-10-16-34(38)40-6-2)33-15-8-7-14-30(31)33/h7-9,12-15,17-20,23-25,32,36H,5-6,10-11,16,21-22H2,1-4H3. The van der Waals surface area contributed by atoms with Crippen molar-refractivity contribution in [3.8, 4) is 0 Å². The number of carbonyl (C=O) groups excluding carboxylic acids is 2. The van der Waals surface area contributed by atoms with Gasteiger partial charge in [-0.2, -0.15) is 0 Å². The van der Waals surface area contributed by atoms with Crippen LogP contribution in [0.1, 0.15) is 86.5 Å². The van der Waals surface area contributed by atoms with Crippen LogP contribution in [-0.2, 0) is 22.5 Å². The highest BCUT2D eigenvalue weighted by molar-refractivity contribution is 6.16. The first-order valence-corrected chi connectivity index (χ1v) is 14.6. The van der Waals surface area contributed by atoms with Crippen molar-refractivity contribution in [1.29, 1.82) is 0 Å². The van der Waals surface area contributed by atoms with E-state index in [0.29, 0.717) is 43.0 Å². The number of aryl methyl sites for hydroxylation is 1. The first kappa shape index (κ1) is 29.1. The van der Waals surface area contributed by atoms with Gasteiger partial charge in [-0.15, -0.1) is 0 Å². The van der Waals surface area contributed by atoms with Crippen molar-refractivity contribution in [2.75, 3.05) is 11.9 Å². The van der Waals surface area contributed by atoms with Crippen LogP contribution in [0.25, 0.3) is 10.9 Å². The number of fused-ring (bicyclic) bond motifs is 1. The molecule has 4 aromatic rings. The fourth-order valence-corrected chi connectivity index (χ4v) is 5.31. The van der Waals surface area contributed by atoms with Gasteiger partial charge in [0.05, 0.1) is 12.6 Å². The molecule has 4 rings (SSSR count). The molecule has 5 nitrogen and oxygen atoms in total. The van der Waals surface area contributed by atoms with Gasteiger partial charge in [0.25, 0.3) is 0 Å². The zero-order valence-corrected chi connectivity index (χ0v) is 24.3. The van der Waals surface area contributed by atoms with Crippen molar-refractivity contribution < 1.29 is 14.3 Å². The smallest absolute Gasteiger partial charge is 0.305 e. The topological polar surface area (TPSA) is 60.3 Å². The molecule has 0 aliphatic rings. The van der Waals surface area contributed by atoms with Gasteiger partial charge >= 0.3 is 5.97 Å². The Kier molecular flexibility index (Phi) is 10.2. The highest BCUT2D eigenvalue weighted by atomic mass is 16.5. The summed E-state index contributed by atoms with van der Waals surface area (Å²) in [5, 5.41) is 4.62. The molecule has 5 heteroatoms. The van der Waals surface area contributed by atoms with E-state index in [1.165, 1.54) is 11.1 Å². The number of nitrogens with zero attached hydrogens (tertiary/aromatic N) is 1. The van der Waals surface area contributed by atoms with Gasteiger partial charge in [0.2, 0.25) is 0 Å². The number of rotatable bonds is 14. The quantitative estimate of drug-likeness (QED) is 0.129. The average Bonchev–Trinajstić information content (AvgIpc) is 3.31. The predicted molar refractivity (Wildman–Crippen MR) is 164 cm³/mol. The molecule has 40 heavy (non-hydrogen) atoms. The number of hydrogen-bond acceptors (Lipinski definition) is 4. The molecule has 1 aromatic heterocycles. The second-order valence-corrected chi connectivity index (χ2v) is 10.9. The van der Waals surface area contributed by atoms with Gasteiger partial charge in [0, 0.05) is 46.9 Å². The minimum absolute atomic E-state index is 0.00549. The number of aromatic nitrogens is 1. The van der Waals surface area contributed by atoms with Gasteiger partial charge in [-0.1, -0.05) is 81.8 Å². The monoisotopic (exact) mass is 538 g/mol. The highest BCUT2D eigenvalue weighted by Gasteiger charge is 2.18. The van der Waals surface area contributed by atoms with E-state index in [2.05, 4.69) is 54.9 Å². The summed E-state index contributed by atoms with van der Waals surface area (Å²) in [7, 11) is 0. The molecule has 0 saturated carbocycles. The van der Waals surface area contributed by atoms with Crippen LogP contribution in [0.4, 0.5) is 5.69 Å². The number of carbonyl (C=O) groups is 2. The van der Waals surface area contributed by atoms with E-state index in [1.807, 2.05) is 61.7 Å². The highest BCUT2D eigenvalue weighted by Crippen LogP contribution is 2.28. The lowest BCUT2D eigenvalue weighted by Crippen LogP contribution is -2.11. The molecule has 0 saturated heterocycles. The van der Waals surface area contributed by atoms with Gasteiger partial charge < -0.3 is 14.6 Å². The van der Waals surface area contributed by atoms with Gasteiger partial charge in [-0.25, -0.2) is 0 Å². The van der Waals surface area contributed by atoms with Crippen LogP contribution in [0, 0.1) is 5.92 Å². The summed E-state index contributed by atoms with van der Waals surface area (Å²) in [6, 6.07) is 24.9. The number of benzene rings is 3. The normalized spacial score (nSPS) is 12.0. The Morgan fingerprint density at radius 2 is 1.73 bits per heavy atom. The zero-order valence-electron chi connectivity index (χ0n) is 24.3. The number of ketones is 1. The van der Waals surface area contributed by atoms with Gasteiger partial charge in [-0.3, -0.25) is 9.59 Å². The molecule has 0 bridgehead atoms. The van der Waals surface area contributed by atoms with Gasteiger partial charge in [-0.05, 0) is 61.4 Å². The van der Waals surface area contributed by atoms with E-state index >= 15 is 0 Å². The summed E-state index contributed by atoms with van der Waals surface area (Å²) < 4.78 is 7.13. The van der Waals surface area contributed by atoms with Crippen LogP contribution in [0.5, 0.6) is 0 Å². The van der Waals surface area contributed by atoms with Crippen LogP contribution >= 0.6 is 0 Å². The third kappa shape index (κ3) is 7.41.